The predicted molar refractivity (Wildman–Crippen MR) is 66.3 cm³/mol. The van der Waals surface area contributed by atoms with E-state index in [0.29, 0.717) is 18.6 Å². The Balaban J connectivity index is 2.07. The molecule has 0 saturated carbocycles. The van der Waals surface area contributed by atoms with Crippen molar-refractivity contribution in [2.45, 2.75) is 32.0 Å². The Bertz CT molecular complexity index is 435. The molecule has 2 rings (SSSR count). The van der Waals surface area contributed by atoms with Gasteiger partial charge in [-0.1, -0.05) is 18.2 Å². The molecular weight excluding hydrogens is 234 g/mol. The quantitative estimate of drug-likeness (QED) is 0.655. The lowest BCUT2D eigenvalue weighted by atomic mass is 9.93. The maximum atomic E-state index is 10.9. The molecule has 5 heteroatoms. The van der Waals surface area contributed by atoms with Gasteiger partial charge >= 0.3 is 0 Å². The van der Waals surface area contributed by atoms with Crippen molar-refractivity contribution in [1.29, 1.82) is 0 Å². The Hall–Kier alpha value is -1.46. The van der Waals surface area contributed by atoms with E-state index in [1.54, 1.807) is 18.2 Å². The van der Waals surface area contributed by atoms with E-state index in [1.807, 2.05) is 6.92 Å². The molecule has 1 aliphatic rings. The van der Waals surface area contributed by atoms with Gasteiger partial charge in [0.05, 0.1) is 23.7 Å². The number of para-hydroxylation sites is 1. The average Bonchev–Trinajstić information content (AvgIpc) is 2.76. The third-order valence-corrected chi connectivity index (χ3v) is 3.39. The Kier molecular flexibility index (Phi) is 3.93. The summed E-state index contributed by atoms with van der Waals surface area (Å²) < 4.78 is 5.41. The molecule has 1 aromatic rings. The van der Waals surface area contributed by atoms with Crippen molar-refractivity contribution in [2.24, 2.45) is 5.92 Å². The lowest BCUT2D eigenvalue weighted by Gasteiger charge is -2.16. The minimum Gasteiger partial charge on any atom is -0.392 e. The summed E-state index contributed by atoms with van der Waals surface area (Å²) in [5.41, 5.74) is 0.651. The molecule has 0 spiro atoms. The van der Waals surface area contributed by atoms with E-state index in [0.717, 1.165) is 6.42 Å². The fourth-order valence-electron chi connectivity index (χ4n) is 2.37. The molecule has 1 saturated heterocycles. The van der Waals surface area contributed by atoms with Gasteiger partial charge in [0.1, 0.15) is 0 Å². The Morgan fingerprint density at radius 1 is 1.56 bits per heavy atom. The maximum absolute atomic E-state index is 10.9. The van der Waals surface area contributed by atoms with Crippen LogP contribution in [0.5, 0.6) is 0 Å². The first-order chi connectivity index (χ1) is 8.58. The monoisotopic (exact) mass is 251 g/mol. The molecule has 98 valence electrons. The van der Waals surface area contributed by atoms with Crippen LogP contribution in [0.3, 0.4) is 0 Å². The molecule has 0 aromatic heterocycles. The molecule has 1 fully saturated rings. The number of ether oxygens (including phenoxy) is 1. The summed E-state index contributed by atoms with van der Waals surface area (Å²) >= 11 is 0. The standard InChI is InChI=1S/C13H17NO4/c1-9-6-11(8-18-9)13(15)7-10-4-2-3-5-12(10)14(16)17/h2-5,9,11,13,15H,6-8H2,1H3. The van der Waals surface area contributed by atoms with E-state index < -0.39 is 11.0 Å². The second-order valence-corrected chi connectivity index (χ2v) is 4.80. The number of nitrogens with zero attached hydrogens (tertiary/aromatic N) is 1. The van der Waals surface area contributed by atoms with E-state index in [2.05, 4.69) is 0 Å². The molecule has 0 bridgehead atoms. The minimum atomic E-state index is -0.587. The normalized spacial score (nSPS) is 25.0. The molecule has 1 aliphatic heterocycles. The first-order valence-corrected chi connectivity index (χ1v) is 6.10. The zero-order valence-electron chi connectivity index (χ0n) is 10.3. The lowest BCUT2D eigenvalue weighted by Crippen LogP contribution is -2.23. The van der Waals surface area contributed by atoms with Crippen molar-refractivity contribution in [2.75, 3.05) is 6.61 Å². The summed E-state index contributed by atoms with van der Waals surface area (Å²) in [6.07, 6.45) is 0.686. The van der Waals surface area contributed by atoms with E-state index >= 15 is 0 Å². The highest BCUT2D eigenvalue weighted by Gasteiger charge is 2.29. The SMILES string of the molecule is CC1CC(C(O)Cc2ccccc2[N+](=O)[O-])CO1. The van der Waals surface area contributed by atoms with Gasteiger partial charge in [-0.3, -0.25) is 10.1 Å². The van der Waals surface area contributed by atoms with Crippen LogP contribution in [0.1, 0.15) is 18.9 Å². The summed E-state index contributed by atoms with van der Waals surface area (Å²) in [4.78, 5) is 10.5. The van der Waals surface area contributed by atoms with Gasteiger partial charge in [0.2, 0.25) is 0 Å². The molecular formula is C13H17NO4. The van der Waals surface area contributed by atoms with Gasteiger partial charge in [-0.2, -0.15) is 0 Å². The highest BCUT2D eigenvalue weighted by molar-refractivity contribution is 5.40. The van der Waals surface area contributed by atoms with Crippen molar-refractivity contribution in [3.63, 3.8) is 0 Å². The minimum absolute atomic E-state index is 0.0693. The van der Waals surface area contributed by atoms with E-state index in [-0.39, 0.29) is 17.7 Å². The maximum Gasteiger partial charge on any atom is 0.272 e. The van der Waals surface area contributed by atoms with Gasteiger partial charge in [0.15, 0.2) is 0 Å². The molecule has 18 heavy (non-hydrogen) atoms. The van der Waals surface area contributed by atoms with Crippen LogP contribution in [0.4, 0.5) is 5.69 Å². The fourth-order valence-corrected chi connectivity index (χ4v) is 2.37. The number of nitro benzene ring substituents is 1. The number of rotatable bonds is 4. The van der Waals surface area contributed by atoms with Gasteiger partial charge in [-0.15, -0.1) is 0 Å². The topological polar surface area (TPSA) is 72.6 Å². The zero-order valence-corrected chi connectivity index (χ0v) is 10.3. The van der Waals surface area contributed by atoms with Crippen LogP contribution in [0.15, 0.2) is 24.3 Å². The first kappa shape index (κ1) is 13.0. The van der Waals surface area contributed by atoms with Crippen LogP contribution >= 0.6 is 0 Å². The highest BCUT2D eigenvalue weighted by Crippen LogP contribution is 2.27. The number of benzene rings is 1. The molecule has 3 atom stereocenters. The van der Waals surface area contributed by atoms with Gasteiger partial charge in [0, 0.05) is 24.0 Å². The van der Waals surface area contributed by atoms with Crippen molar-refractivity contribution in [1.82, 2.24) is 0 Å². The van der Waals surface area contributed by atoms with Crippen molar-refractivity contribution in [3.05, 3.63) is 39.9 Å². The third-order valence-electron chi connectivity index (χ3n) is 3.39. The Morgan fingerprint density at radius 2 is 2.28 bits per heavy atom. The number of aliphatic hydroxyl groups is 1. The zero-order chi connectivity index (χ0) is 13.1. The summed E-state index contributed by atoms with van der Waals surface area (Å²) in [5, 5.41) is 21.0. The average molecular weight is 251 g/mol. The van der Waals surface area contributed by atoms with Gasteiger partial charge < -0.3 is 9.84 Å². The van der Waals surface area contributed by atoms with Crippen molar-refractivity contribution < 1.29 is 14.8 Å². The van der Waals surface area contributed by atoms with E-state index in [9.17, 15) is 15.2 Å². The number of nitro groups is 1. The van der Waals surface area contributed by atoms with Crippen LogP contribution in [-0.4, -0.2) is 28.8 Å². The molecule has 1 N–H and O–H groups in total. The molecule has 0 radical (unpaired) electrons. The molecule has 0 amide bonds. The lowest BCUT2D eigenvalue weighted by molar-refractivity contribution is -0.385. The number of hydrogen-bond acceptors (Lipinski definition) is 4. The molecule has 1 heterocycles. The Labute approximate surface area is 106 Å². The predicted octanol–water partition coefficient (Wildman–Crippen LogP) is 1.92. The largest absolute Gasteiger partial charge is 0.392 e. The summed E-state index contributed by atoms with van der Waals surface area (Å²) in [5.74, 6) is 0.0693. The smallest absolute Gasteiger partial charge is 0.272 e. The van der Waals surface area contributed by atoms with Gasteiger partial charge in [-0.25, -0.2) is 0 Å². The third kappa shape index (κ3) is 2.86. The van der Waals surface area contributed by atoms with Gasteiger partial charge in [0.25, 0.3) is 5.69 Å². The number of hydrogen-bond donors (Lipinski definition) is 1. The summed E-state index contributed by atoms with van der Waals surface area (Å²) in [6.45, 7) is 2.50. The summed E-state index contributed by atoms with van der Waals surface area (Å²) in [6, 6.07) is 6.55. The van der Waals surface area contributed by atoms with Crippen LogP contribution in [-0.2, 0) is 11.2 Å². The van der Waals surface area contributed by atoms with Crippen LogP contribution < -0.4 is 0 Å². The highest BCUT2D eigenvalue weighted by atomic mass is 16.6. The van der Waals surface area contributed by atoms with E-state index in [1.165, 1.54) is 6.07 Å². The van der Waals surface area contributed by atoms with Crippen LogP contribution in [0.2, 0.25) is 0 Å². The number of aliphatic hydroxyl groups excluding tert-OH is 1. The first-order valence-electron chi connectivity index (χ1n) is 6.10. The van der Waals surface area contributed by atoms with Gasteiger partial charge in [-0.05, 0) is 13.3 Å². The molecule has 5 nitrogen and oxygen atoms in total. The Morgan fingerprint density at radius 3 is 2.89 bits per heavy atom. The van der Waals surface area contributed by atoms with Crippen LogP contribution in [0.25, 0.3) is 0 Å². The molecule has 0 aliphatic carbocycles. The fraction of sp³-hybridized carbons (Fsp3) is 0.538. The van der Waals surface area contributed by atoms with Crippen molar-refractivity contribution in [3.8, 4) is 0 Å². The summed E-state index contributed by atoms with van der Waals surface area (Å²) in [7, 11) is 0. The van der Waals surface area contributed by atoms with Crippen molar-refractivity contribution >= 4 is 5.69 Å². The second kappa shape index (κ2) is 5.46. The second-order valence-electron chi connectivity index (χ2n) is 4.80. The molecule has 3 unspecified atom stereocenters. The van der Waals surface area contributed by atoms with Crippen LogP contribution in [0, 0.1) is 16.0 Å². The van der Waals surface area contributed by atoms with E-state index in [4.69, 9.17) is 4.74 Å². The molecule has 1 aromatic carbocycles.